The lowest BCUT2D eigenvalue weighted by Gasteiger charge is -1.89. The van der Waals surface area contributed by atoms with Crippen molar-refractivity contribution in [1.82, 2.24) is 20.3 Å². The van der Waals surface area contributed by atoms with E-state index < -0.39 is 0 Å². The van der Waals surface area contributed by atoms with Gasteiger partial charge in [-0.3, -0.25) is 4.98 Å². The molecule has 6 nitrogen and oxygen atoms in total. The summed E-state index contributed by atoms with van der Waals surface area (Å²) in [7, 11) is 0. The van der Waals surface area contributed by atoms with Crippen molar-refractivity contribution in [2.75, 3.05) is 0 Å². The SMILES string of the molecule is O=c1[nH]nc(SCc2ccon2)[nH]1. The molecule has 2 aromatic rings. The first-order valence-corrected chi connectivity index (χ1v) is 4.50. The zero-order chi connectivity index (χ0) is 9.10. The lowest BCUT2D eigenvalue weighted by atomic mass is 10.5. The third kappa shape index (κ3) is 2.00. The van der Waals surface area contributed by atoms with Crippen molar-refractivity contribution in [3.05, 3.63) is 28.5 Å². The van der Waals surface area contributed by atoms with Crippen molar-refractivity contribution in [3.63, 3.8) is 0 Å². The van der Waals surface area contributed by atoms with E-state index in [0.29, 0.717) is 10.9 Å². The van der Waals surface area contributed by atoms with Crippen LogP contribution in [-0.2, 0) is 5.75 Å². The van der Waals surface area contributed by atoms with Gasteiger partial charge in [-0.2, -0.15) is 0 Å². The van der Waals surface area contributed by atoms with Gasteiger partial charge in [0.25, 0.3) is 0 Å². The van der Waals surface area contributed by atoms with Crippen molar-refractivity contribution in [1.29, 1.82) is 0 Å². The molecule has 0 aliphatic rings. The molecule has 0 aliphatic heterocycles. The fourth-order valence-electron chi connectivity index (χ4n) is 0.777. The molecule has 0 radical (unpaired) electrons. The Bertz CT molecular complexity index is 418. The van der Waals surface area contributed by atoms with Gasteiger partial charge in [-0.15, -0.1) is 5.10 Å². The van der Waals surface area contributed by atoms with Crippen molar-refractivity contribution in [2.24, 2.45) is 0 Å². The zero-order valence-corrected chi connectivity index (χ0v) is 7.30. The molecular formula is C6H6N4O2S. The normalized spacial score (nSPS) is 10.5. The molecule has 0 saturated heterocycles. The van der Waals surface area contributed by atoms with Crippen molar-refractivity contribution < 1.29 is 4.52 Å². The summed E-state index contributed by atoms with van der Waals surface area (Å²) in [5.74, 6) is 0.622. The van der Waals surface area contributed by atoms with Crippen molar-refractivity contribution in [2.45, 2.75) is 10.9 Å². The topological polar surface area (TPSA) is 87.6 Å². The first kappa shape index (κ1) is 8.11. The standard InChI is InChI=1S/C6H6N4O2S/c11-5-7-6(9-8-5)13-3-4-1-2-12-10-4/h1-2H,3H2,(H2,7,8,9,11). The second-order valence-corrected chi connectivity index (χ2v) is 3.23. The number of rotatable bonds is 3. The number of hydrogen-bond donors (Lipinski definition) is 2. The Morgan fingerprint density at radius 3 is 3.15 bits per heavy atom. The molecule has 2 heterocycles. The molecule has 0 spiro atoms. The highest BCUT2D eigenvalue weighted by Crippen LogP contribution is 2.15. The Labute approximate surface area is 76.7 Å². The second-order valence-electron chi connectivity index (χ2n) is 2.26. The molecular weight excluding hydrogens is 192 g/mol. The maximum absolute atomic E-state index is 10.6. The molecule has 2 rings (SSSR count). The van der Waals surface area contributed by atoms with Gasteiger partial charge in [-0.05, 0) is 0 Å². The van der Waals surface area contributed by atoms with Crippen LogP contribution < -0.4 is 5.69 Å². The Morgan fingerprint density at radius 1 is 1.62 bits per heavy atom. The minimum atomic E-state index is -0.303. The number of nitrogens with one attached hydrogen (secondary N) is 2. The summed E-state index contributed by atoms with van der Waals surface area (Å²) in [5, 5.41) is 10.3. The van der Waals surface area contributed by atoms with E-state index in [1.807, 2.05) is 0 Å². The van der Waals surface area contributed by atoms with Crippen molar-refractivity contribution in [3.8, 4) is 0 Å². The first-order chi connectivity index (χ1) is 6.34. The predicted octanol–water partition coefficient (Wildman–Crippen LogP) is 0.378. The smallest absolute Gasteiger partial charge is 0.341 e. The van der Waals surface area contributed by atoms with E-state index in [1.54, 1.807) is 6.07 Å². The summed E-state index contributed by atoms with van der Waals surface area (Å²) in [6.07, 6.45) is 1.50. The van der Waals surface area contributed by atoms with E-state index in [-0.39, 0.29) is 5.69 Å². The van der Waals surface area contributed by atoms with E-state index in [0.717, 1.165) is 5.69 Å². The number of hydrogen-bond acceptors (Lipinski definition) is 5. The van der Waals surface area contributed by atoms with Gasteiger partial charge in [0.1, 0.15) is 6.26 Å². The Balaban J connectivity index is 1.97. The van der Waals surface area contributed by atoms with Crippen LogP contribution in [0, 0.1) is 0 Å². The maximum atomic E-state index is 10.6. The van der Waals surface area contributed by atoms with Crippen molar-refractivity contribution >= 4 is 11.8 Å². The number of aromatic amines is 2. The molecule has 0 unspecified atom stereocenters. The van der Waals surface area contributed by atoms with Gasteiger partial charge in [-0.25, -0.2) is 9.89 Å². The number of aromatic nitrogens is 4. The molecule has 0 atom stereocenters. The summed E-state index contributed by atoms with van der Waals surface area (Å²) in [6, 6.07) is 1.76. The monoisotopic (exact) mass is 198 g/mol. The van der Waals surface area contributed by atoms with E-state index in [2.05, 4.69) is 24.9 Å². The van der Waals surface area contributed by atoms with Crippen LogP contribution in [0.5, 0.6) is 0 Å². The Morgan fingerprint density at radius 2 is 2.54 bits per heavy atom. The van der Waals surface area contributed by atoms with Crippen LogP contribution in [-0.4, -0.2) is 20.3 Å². The molecule has 0 saturated carbocycles. The lowest BCUT2D eigenvalue weighted by Crippen LogP contribution is -2.00. The molecule has 0 amide bonds. The van der Waals surface area contributed by atoms with Crippen LogP contribution in [0.4, 0.5) is 0 Å². The van der Waals surface area contributed by atoms with Crippen LogP contribution in [0.15, 0.2) is 26.8 Å². The van der Waals surface area contributed by atoms with Gasteiger partial charge >= 0.3 is 5.69 Å². The van der Waals surface area contributed by atoms with Crippen LogP contribution in [0.3, 0.4) is 0 Å². The third-order valence-electron chi connectivity index (χ3n) is 1.33. The molecule has 2 aromatic heterocycles. The summed E-state index contributed by atoms with van der Waals surface area (Å²) in [5.41, 5.74) is 0.511. The fraction of sp³-hybridized carbons (Fsp3) is 0.167. The number of thioether (sulfide) groups is 1. The zero-order valence-electron chi connectivity index (χ0n) is 6.48. The molecule has 7 heteroatoms. The minimum absolute atomic E-state index is 0.303. The summed E-state index contributed by atoms with van der Waals surface area (Å²) in [6.45, 7) is 0. The van der Waals surface area contributed by atoms with Crippen LogP contribution >= 0.6 is 11.8 Å². The molecule has 68 valence electrons. The van der Waals surface area contributed by atoms with Gasteiger partial charge in [-0.1, -0.05) is 16.9 Å². The average Bonchev–Trinajstić information content (AvgIpc) is 2.71. The second kappa shape index (κ2) is 3.48. The van der Waals surface area contributed by atoms with Crippen LogP contribution in [0.25, 0.3) is 0 Å². The van der Waals surface area contributed by atoms with Gasteiger partial charge in [0.15, 0.2) is 5.16 Å². The third-order valence-corrected chi connectivity index (χ3v) is 2.23. The largest absolute Gasteiger partial charge is 0.364 e. The molecule has 0 fully saturated rings. The Kier molecular flexibility index (Phi) is 2.17. The van der Waals surface area contributed by atoms with Gasteiger partial charge in [0.2, 0.25) is 0 Å². The quantitative estimate of drug-likeness (QED) is 0.696. The number of nitrogens with zero attached hydrogens (tertiary/aromatic N) is 2. The Hall–Kier alpha value is -1.50. The summed E-state index contributed by atoms with van der Waals surface area (Å²) >= 11 is 1.38. The van der Waals surface area contributed by atoms with E-state index in [9.17, 15) is 4.79 Å². The van der Waals surface area contributed by atoms with Crippen LogP contribution in [0.2, 0.25) is 0 Å². The highest BCUT2D eigenvalue weighted by molar-refractivity contribution is 7.98. The van der Waals surface area contributed by atoms with Gasteiger partial charge < -0.3 is 4.52 Å². The lowest BCUT2D eigenvalue weighted by molar-refractivity contribution is 0.414. The average molecular weight is 198 g/mol. The highest BCUT2D eigenvalue weighted by Gasteiger charge is 2.01. The molecule has 2 N–H and O–H groups in total. The predicted molar refractivity (Wildman–Crippen MR) is 45.3 cm³/mol. The molecule has 13 heavy (non-hydrogen) atoms. The summed E-state index contributed by atoms with van der Waals surface area (Å²) in [4.78, 5) is 13.2. The first-order valence-electron chi connectivity index (χ1n) is 3.51. The van der Waals surface area contributed by atoms with E-state index in [4.69, 9.17) is 0 Å². The molecule has 0 aliphatic carbocycles. The van der Waals surface area contributed by atoms with Gasteiger partial charge in [0.05, 0.1) is 5.69 Å². The van der Waals surface area contributed by atoms with E-state index >= 15 is 0 Å². The maximum Gasteiger partial charge on any atom is 0.341 e. The van der Waals surface area contributed by atoms with Crippen LogP contribution in [0.1, 0.15) is 5.69 Å². The minimum Gasteiger partial charge on any atom is -0.364 e. The molecule has 0 bridgehead atoms. The van der Waals surface area contributed by atoms with E-state index in [1.165, 1.54) is 18.0 Å². The highest BCUT2D eigenvalue weighted by atomic mass is 32.2. The fourth-order valence-corrected chi connectivity index (χ4v) is 1.49. The summed E-state index contributed by atoms with van der Waals surface area (Å²) < 4.78 is 4.64. The molecule has 0 aromatic carbocycles. The number of H-pyrrole nitrogens is 2. The van der Waals surface area contributed by atoms with Gasteiger partial charge in [0, 0.05) is 11.8 Å².